The Morgan fingerprint density at radius 1 is 1.32 bits per heavy atom. The van der Waals surface area contributed by atoms with Gasteiger partial charge in [0.25, 0.3) is 0 Å². The molecule has 0 N–H and O–H groups in total. The Labute approximate surface area is 135 Å². The maximum Gasteiger partial charge on any atom is 0.227 e. The molecule has 6 heteroatoms. The number of aryl methyl sites for hydroxylation is 1. The molecule has 0 atom stereocenters. The fraction of sp³-hybridized carbons (Fsp3) is 0.500. The zero-order chi connectivity index (χ0) is 15.4. The summed E-state index contributed by atoms with van der Waals surface area (Å²) in [6, 6.07) is 4.04. The van der Waals surface area contributed by atoms with Crippen LogP contribution in [0.25, 0.3) is 0 Å². The Hall–Kier alpha value is -1.66. The Morgan fingerprint density at radius 2 is 2.23 bits per heavy atom. The monoisotopic (exact) mass is 318 g/mol. The van der Waals surface area contributed by atoms with Crippen molar-refractivity contribution in [3.8, 4) is 0 Å². The number of hydrogen-bond acceptors (Lipinski definition) is 4. The van der Waals surface area contributed by atoms with Crippen LogP contribution in [0.15, 0.2) is 29.9 Å². The van der Waals surface area contributed by atoms with Gasteiger partial charge < -0.3 is 4.90 Å². The summed E-state index contributed by atoms with van der Waals surface area (Å²) in [5, 5.41) is 6.25. The van der Waals surface area contributed by atoms with Crippen molar-refractivity contribution in [3.05, 3.63) is 40.3 Å². The summed E-state index contributed by atoms with van der Waals surface area (Å²) >= 11 is 1.66. The van der Waals surface area contributed by atoms with Gasteiger partial charge in [0.1, 0.15) is 0 Å². The van der Waals surface area contributed by atoms with E-state index < -0.39 is 0 Å². The molecule has 0 radical (unpaired) electrons. The van der Waals surface area contributed by atoms with Crippen LogP contribution in [0.5, 0.6) is 0 Å². The Bertz CT molecular complexity index is 607. The first kappa shape index (κ1) is 15.2. The van der Waals surface area contributed by atoms with Crippen LogP contribution in [0.3, 0.4) is 0 Å². The molecule has 118 valence electrons. The molecule has 22 heavy (non-hydrogen) atoms. The number of nitrogens with zero attached hydrogens (tertiary/aromatic N) is 4. The zero-order valence-corrected chi connectivity index (χ0v) is 13.8. The Morgan fingerprint density at radius 3 is 2.95 bits per heavy atom. The second kappa shape index (κ2) is 7.07. The second-order valence-electron chi connectivity index (χ2n) is 5.79. The molecule has 5 nitrogen and oxygen atoms in total. The number of hydrogen-bond donors (Lipinski definition) is 0. The molecule has 2 aromatic heterocycles. The van der Waals surface area contributed by atoms with Crippen LogP contribution in [0.2, 0.25) is 0 Å². The Kier molecular flexibility index (Phi) is 4.90. The average molecular weight is 318 g/mol. The van der Waals surface area contributed by atoms with Crippen LogP contribution >= 0.6 is 11.3 Å². The molecule has 0 aromatic carbocycles. The third kappa shape index (κ3) is 3.96. The van der Waals surface area contributed by atoms with Gasteiger partial charge in [0.2, 0.25) is 5.91 Å². The minimum absolute atomic E-state index is 0.255. The lowest BCUT2D eigenvalue weighted by atomic mass is 10.3. The van der Waals surface area contributed by atoms with E-state index in [2.05, 4.69) is 16.2 Å². The molecular weight excluding hydrogens is 296 g/mol. The maximum atomic E-state index is 12.4. The van der Waals surface area contributed by atoms with E-state index in [9.17, 15) is 4.79 Å². The normalized spacial score (nSPS) is 16.7. The van der Waals surface area contributed by atoms with Gasteiger partial charge in [-0.15, -0.1) is 11.3 Å². The highest BCUT2D eigenvalue weighted by Gasteiger charge is 2.19. The smallest absolute Gasteiger partial charge is 0.227 e. The van der Waals surface area contributed by atoms with Crippen molar-refractivity contribution in [2.24, 2.45) is 7.05 Å². The zero-order valence-electron chi connectivity index (χ0n) is 12.9. The number of amides is 1. The van der Waals surface area contributed by atoms with Gasteiger partial charge in [0, 0.05) is 56.4 Å². The minimum atomic E-state index is 0.255. The lowest BCUT2D eigenvalue weighted by Crippen LogP contribution is -2.35. The lowest BCUT2D eigenvalue weighted by Gasteiger charge is -2.21. The van der Waals surface area contributed by atoms with Crippen LogP contribution in [0.4, 0.5) is 0 Å². The first-order valence-corrected chi connectivity index (χ1v) is 8.59. The quantitative estimate of drug-likeness (QED) is 0.862. The van der Waals surface area contributed by atoms with Crippen LogP contribution in [0, 0.1) is 0 Å². The summed E-state index contributed by atoms with van der Waals surface area (Å²) in [7, 11) is 1.94. The molecule has 3 heterocycles. The summed E-state index contributed by atoms with van der Waals surface area (Å²) in [4.78, 5) is 18.0. The van der Waals surface area contributed by atoms with E-state index in [0.717, 1.165) is 44.0 Å². The van der Waals surface area contributed by atoms with Crippen molar-refractivity contribution >= 4 is 17.2 Å². The fourth-order valence-corrected chi connectivity index (χ4v) is 3.56. The molecular formula is C16H22N4OS. The van der Waals surface area contributed by atoms with Gasteiger partial charge in [-0.3, -0.25) is 14.4 Å². The van der Waals surface area contributed by atoms with Crippen molar-refractivity contribution in [3.63, 3.8) is 0 Å². The molecule has 0 aliphatic carbocycles. The van der Waals surface area contributed by atoms with E-state index in [4.69, 9.17) is 0 Å². The maximum absolute atomic E-state index is 12.4. The van der Waals surface area contributed by atoms with Gasteiger partial charge in [0.15, 0.2) is 0 Å². The van der Waals surface area contributed by atoms with Gasteiger partial charge in [-0.25, -0.2) is 0 Å². The minimum Gasteiger partial charge on any atom is -0.341 e. The van der Waals surface area contributed by atoms with Gasteiger partial charge in [-0.2, -0.15) is 5.10 Å². The molecule has 0 spiro atoms. The van der Waals surface area contributed by atoms with Gasteiger partial charge >= 0.3 is 0 Å². The fourth-order valence-electron chi connectivity index (χ4n) is 2.86. The molecule has 0 bridgehead atoms. The number of carbonyl (C=O) groups is 1. The van der Waals surface area contributed by atoms with E-state index in [1.807, 2.05) is 40.3 Å². The van der Waals surface area contributed by atoms with E-state index in [-0.39, 0.29) is 5.91 Å². The highest BCUT2D eigenvalue weighted by molar-refractivity contribution is 7.10. The first-order valence-electron chi connectivity index (χ1n) is 7.71. The molecule has 1 aliphatic heterocycles. The second-order valence-corrected chi connectivity index (χ2v) is 6.82. The number of carbonyl (C=O) groups excluding carboxylic acids is 1. The summed E-state index contributed by atoms with van der Waals surface area (Å²) in [5.41, 5.74) is 1.24. The molecule has 1 saturated heterocycles. The molecule has 2 aromatic rings. The largest absolute Gasteiger partial charge is 0.341 e. The van der Waals surface area contributed by atoms with Crippen molar-refractivity contribution < 1.29 is 4.79 Å². The van der Waals surface area contributed by atoms with E-state index in [1.165, 1.54) is 5.56 Å². The molecule has 1 fully saturated rings. The summed E-state index contributed by atoms with van der Waals surface area (Å²) in [6.07, 6.45) is 5.56. The SMILES string of the molecule is Cn1cc(CN2CCCN(C(=O)Cc3cccs3)CC2)cn1. The third-order valence-corrected chi connectivity index (χ3v) is 4.89. The summed E-state index contributed by atoms with van der Waals surface area (Å²) in [6.45, 7) is 4.59. The van der Waals surface area contributed by atoms with Crippen molar-refractivity contribution in [2.45, 2.75) is 19.4 Å². The Balaban J connectivity index is 1.52. The predicted molar refractivity (Wildman–Crippen MR) is 87.7 cm³/mol. The first-order chi connectivity index (χ1) is 10.7. The average Bonchev–Trinajstić information content (AvgIpc) is 3.07. The van der Waals surface area contributed by atoms with Crippen LogP contribution in [-0.4, -0.2) is 51.7 Å². The lowest BCUT2D eigenvalue weighted by molar-refractivity contribution is -0.130. The van der Waals surface area contributed by atoms with Gasteiger partial charge in [-0.05, 0) is 17.9 Å². The highest BCUT2D eigenvalue weighted by atomic mass is 32.1. The number of thiophene rings is 1. The summed E-state index contributed by atoms with van der Waals surface area (Å²) < 4.78 is 1.84. The van der Waals surface area contributed by atoms with Gasteiger partial charge in [0.05, 0.1) is 12.6 Å². The number of aromatic nitrogens is 2. The molecule has 0 saturated carbocycles. The van der Waals surface area contributed by atoms with Crippen molar-refractivity contribution in [1.82, 2.24) is 19.6 Å². The van der Waals surface area contributed by atoms with Crippen molar-refractivity contribution in [2.75, 3.05) is 26.2 Å². The van der Waals surface area contributed by atoms with Crippen LogP contribution in [0.1, 0.15) is 16.9 Å². The van der Waals surface area contributed by atoms with Crippen LogP contribution < -0.4 is 0 Å². The number of rotatable bonds is 4. The van der Waals surface area contributed by atoms with Crippen molar-refractivity contribution in [1.29, 1.82) is 0 Å². The van der Waals surface area contributed by atoms with Gasteiger partial charge in [-0.1, -0.05) is 6.07 Å². The molecule has 0 unspecified atom stereocenters. The summed E-state index contributed by atoms with van der Waals surface area (Å²) in [5.74, 6) is 0.255. The highest BCUT2D eigenvalue weighted by Crippen LogP contribution is 2.13. The van der Waals surface area contributed by atoms with E-state index >= 15 is 0 Å². The molecule has 1 amide bonds. The standard InChI is InChI=1S/C16H22N4OS/c1-18-12-14(11-17-18)13-19-5-3-6-20(8-7-19)16(21)10-15-4-2-9-22-15/h2,4,9,11-12H,3,5-8,10,13H2,1H3. The van der Waals surface area contributed by atoms with E-state index in [0.29, 0.717) is 6.42 Å². The molecule has 1 aliphatic rings. The van der Waals surface area contributed by atoms with Crippen LogP contribution in [-0.2, 0) is 24.8 Å². The third-order valence-electron chi connectivity index (χ3n) is 4.01. The predicted octanol–water partition coefficient (Wildman–Crippen LogP) is 1.76. The molecule has 3 rings (SSSR count). The topological polar surface area (TPSA) is 41.4 Å². The van der Waals surface area contributed by atoms with E-state index in [1.54, 1.807) is 11.3 Å².